The van der Waals surface area contributed by atoms with E-state index >= 15 is 0 Å². The van der Waals surface area contributed by atoms with E-state index in [0.717, 1.165) is 18.8 Å². The van der Waals surface area contributed by atoms with E-state index in [1.807, 2.05) is 6.07 Å². The summed E-state index contributed by atoms with van der Waals surface area (Å²) in [7, 11) is 3.46. The molecule has 0 atom stereocenters. The molecule has 4 nitrogen and oxygen atoms in total. The normalized spacial score (nSPS) is 10.2. The predicted octanol–water partition coefficient (Wildman–Crippen LogP) is 2.75. The van der Waals surface area contributed by atoms with Crippen molar-refractivity contribution in [3.8, 4) is 0 Å². The minimum Gasteiger partial charge on any atom is -0.370 e. The number of carbonyl (C=O) groups excluding carboxylic acids is 1. The molecule has 0 saturated carbocycles. The molecule has 2 aromatic rings. The third-order valence-electron chi connectivity index (χ3n) is 3.22. The van der Waals surface area contributed by atoms with Crippen molar-refractivity contribution in [3.63, 3.8) is 0 Å². The average molecular weight is 283 g/mol. The van der Waals surface area contributed by atoms with Crippen LogP contribution in [0.3, 0.4) is 0 Å². The predicted molar refractivity (Wildman–Crippen MR) is 85.6 cm³/mol. The van der Waals surface area contributed by atoms with Gasteiger partial charge in [-0.1, -0.05) is 29.8 Å². The van der Waals surface area contributed by atoms with Crippen LogP contribution in [-0.4, -0.2) is 36.4 Å². The van der Waals surface area contributed by atoms with Gasteiger partial charge in [0.25, 0.3) is 5.91 Å². The molecule has 0 spiro atoms. The lowest BCUT2D eigenvalue weighted by Gasteiger charge is -2.10. The highest BCUT2D eigenvalue weighted by Gasteiger charge is 2.07. The lowest BCUT2D eigenvalue weighted by Crippen LogP contribution is -2.21. The molecule has 4 heteroatoms. The molecule has 0 fully saturated rings. The van der Waals surface area contributed by atoms with Crippen LogP contribution in [0.2, 0.25) is 0 Å². The molecule has 1 aromatic heterocycles. The van der Waals surface area contributed by atoms with Crippen molar-refractivity contribution in [2.45, 2.75) is 13.3 Å². The number of benzene rings is 1. The molecule has 0 aliphatic heterocycles. The zero-order valence-electron chi connectivity index (χ0n) is 12.8. The van der Waals surface area contributed by atoms with Crippen LogP contribution in [-0.2, 0) is 6.42 Å². The van der Waals surface area contributed by atoms with Gasteiger partial charge in [0.05, 0.1) is 5.56 Å². The summed E-state index contributed by atoms with van der Waals surface area (Å²) in [5.74, 6) is 0.756. The van der Waals surface area contributed by atoms with E-state index < -0.39 is 0 Å². The van der Waals surface area contributed by atoms with E-state index in [4.69, 9.17) is 0 Å². The van der Waals surface area contributed by atoms with E-state index in [-0.39, 0.29) is 5.91 Å². The van der Waals surface area contributed by atoms with Crippen molar-refractivity contribution in [2.24, 2.45) is 0 Å². The Morgan fingerprint density at radius 3 is 2.67 bits per heavy atom. The van der Waals surface area contributed by atoms with Gasteiger partial charge in [-0.2, -0.15) is 0 Å². The smallest absolute Gasteiger partial charge is 0.254 e. The second kappa shape index (κ2) is 6.88. The Kier molecular flexibility index (Phi) is 4.93. The third-order valence-corrected chi connectivity index (χ3v) is 3.22. The second-order valence-electron chi connectivity index (χ2n) is 5.30. The number of amides is 1. The maximum atomic E-state index is 11.8. The molecule has 2 rings (SSSR count). The Balaban J connectivity index is 1.88. The second-order valence-corrected chi connectivity index (χ2v) is 5.30. The Morgan fingerprint density at radius 2 is 2.05 bits per heavy atom. The molecule has 1 amide bonds. The van der Waals surface area contributed by atoms with Gasteiger partial charge in [0, 0.05) is 26.8 Å². The summed E-state index contributed by atoms with van der Waals surface area (Å²) < 4.78 is 0. The van der Waals surface area contributed by atoms with Gasteiger partial charge in [-0.05, 0) is 31.0 Å². The lowest BCUT2D eigenvalue weighted by atomic mass is 10.1. The molecule has 0 saturated heterocycles. The van der Waals surface area contributed by atoms with Crippen LogP contribution in [0.25, 0.3) is 0 Å². The van der Waals surface area contributed by atoms with E-state index in [2.05, 4.69) is 41.5 Å². The van der Waals surface area contributed by atoms with Gasteiger partial charge in [-0.3, -0.25) is 4.79 Å². The summed E-state index contributed by atoms with van der Waals surface area (Å²) >= 11 is 0. The summed E-state index contributed by atoms with van der Waals surface area (Å²) in [6.45, 7) is 2.91. The molecule has 1 N–H and O–H groups in total. The van der Waals surface area contributed by atoms with Crippen LogP contribution in [0.5, 0.6) is 0 Å². The maximum absolute atomic E-state index is 11.8. The summed E-state index contributed by atoms with van der Waals surface area (Å²) in [5, 5.41) is 3.27. The Bertz CT molecular complexity index is 606. The highest BCUT2D eigenvalue weighted by molar-refractivity contribution is 5.93. The first kappa shape index (κ1) is 15.0. The molecular formula is C17H21N3O. The largest absolute Gasteiger partial charge is 0.370 e. The van der Waals surface area contributed by atoms with Crippen LogP contribution in [0.1, 0.15) is 21.5 Å². The summed E-state index contributed by atoms with van der Waals surface area (Å²) in [4.78, 5) is 17.6. The number of hydrogen-bond acceptors (Lipinski definition) is 3. The summed E-state index contributed by atoms with van der Waals surface area (Å²) in [6.07, 6.45) is 2.55. The quantitative estimate of drug-likeness (QED) is 0.917. The van der Waals surface area contributed by atoms with Crippen molar-refractivity contribution in [1.29, 1.82) is 0 Å². The van der Waals surface area contributed by atoms with Crippen LogP contribution < -0.4 is 5.32 Å². The highest BCUT2D eigenvalue weighted by Crippen LogP contribution is 2.08. The summed E-state index contributed by atoms with van der Waals surface area (Å²) in [5.41, 5.74) is 3.18. The molecular weight excluding hydrogens is 262 g/mol. The number of rotatable bonds is 5. The van der Waals surface area contributed by atoms with Crippen molar-refractivity contribution >= 4 is 11.7 Å². The number of pyridine rings is 1. The van der Waals surface area contributed by atoms with Crippen molar-refractivity contribution in [1.82, 2.24) is 9.88 Å². The standard InChI is InChI=1S/C17H21N3O/c1-13-5-4-6-14(11-13)9-10-18-16-8-7-15(12-19-16)17(21)20(2)3/h4-8,11-12H,9-10H2,1-3H3,(H,18,19). The van der Waals surface area contributed by atoms with Crippen molar-refractivity contribution < 1.29 is 4.79 Å². The van der Waals surface area contributed by atoms with E-state index in [1.54, 1.807) is 31.3 Å². The molecule has 0 aliphatic carbocycles. The van der Waals surface area contributed by atoms with Crippen LogP contribution >= 0.6 is 0 Å². The molecule has 0 bridgehead atoms. The van der Waals surface area contributed by atoms with Crippen molar-refractivity contribution in [2.75, 3.05) is 26.0 Å². The fourth-order valence-electron chi connectivity index (χ4n) is 2.09. The van der Waals surface area contributed by atoms with Gasteiger partial charge in [0.15, 0.2) is 0 Å². The van der Waals surface area contributed by atoms with E-state index in [1.165, 1.54) is 11.1 Å². The zero-order chi connectivity index (χ0) is 15.2. The SMILES string of the molecule is Cc1cccc(CCNc2ccc(C(=O)N(C)C)cn2)c1. The Labute approximate surface area is 125 Å². The number of nitrogens with one attached hydrogen (secondary N) is 1. The fraction of sp³-hybridized carbons (Fsp3) is 0.294. The van der Waals surface area contributed by atoms with Crippen LogP contribution in [0.4, 0.5) is 5.82 Å². The van der Waals surface area contributed by atoms with Gasteiger partial charge in [-0.15, -0.1) is 0 Å². The Morgan fingerprint density at radius 1 is 1.24 bits per heavy atom. The summed E-state index contributed by atoms with van der Waals surface area (Å²) in [6, 6.07) is 12.1. The monoisotopic (exact) mass is 283 g/mol. The van der Waals surface area contributed by atoms with Gasteiger partial charge >= 0.3 is 0 Å². The van der Waals surface area contributed by atoms with Crippen molar-refractivity contribution in [3.05, 3.63) is 59.3 Å². The number of anilines is 1. The molecule has 0 unspecified atom stereocenters. The van der Waals surface area contributed by atoms with Gasteiger partial charge in [0.2, 0.25) is 0 Å². The third kappa shape index (κ3) is 4.31. The first-order valence-corrected chi connectivity index (χ1v) is 7.03. The molecule has 0 aliphatic rings. The maximum Gasteiger partial charge on any atom is 0.254 e. The van der Waals surface area contributed by atoms with E-state index in [9.17, 15) is 4.79 Å². The fourth-order valence-corrected chi connectivity index (χ4v) is 2.09. The Hall–Kier alpha value is -2.36. The number of aryl methyl sites for hydroxylation is 1. The molecule has 1 heterocycles. The number of aromatic nitrogens is 1. The molecule has 21 heavy (non-hydrogen) atoms. The number of nitrogens with zero attached hydrogens (tertiary/aromatic N) is 2. The highest BCUT2D eigenvalue weighted by atomic mass is 16.2. The topological polar surface area (TPSA) is 45.2 Å². The molecule has 1 aromatic carbocycles. The molecule has 110 valence electrons. The first-order chi connectivity index (χ1) is 10.1. The number of hydrogen-bond donors (Lipinski definition) is 1. The average Bonchev–Trinajstić information content (AvgIpc) is 2.47. The van der Waals surface area contributed by atoms with Gasteiger partial charge < -0.3 is 10.2 Å². The van der Waals surface area contributed by atoms with Crippen LogP contribution in [0, 0.1) is 6.92 Å². The van der Waals surface area contributed by atoms with Gasteiger partial charge in [-0.25, -0.2) is 4.98 Å². The first-order valence-electron chi connectivity index (χ1n) is 7.03. The minimum atomic E-state index is -0.0335. The minimum absolute atomic E-state index is 0.0335. The van der Waals surface area contributed by atoms with Gasteiger partial charge in [0.1, 0.15) is 5.82 Å². The molecule has 0 radical (unpaired) electrons. The van der Waals surface area contributed by atoms with E-state index in [0.29, 0.717) is 5.56 Å². The van der Waals surface area contributed by atoms with Crippen LogP contribution in [0.15, 0.2) is 42.6 Å². The lowest BCUT2D eigenvalue weighted by molar-refractivity contribution is 0.0827. The zero-order valence-corrected chi connectivity index (χ0v) is 12.8. The number of carbonyl (C=O) groups is 1.